The van der Waals surface area contributed by atoms with Crippen molar-refractivity contribution >= 4 is 16.9 Å². The van der Waals surface area contributed by atoms with E-state index in [2.05, 4.69) is 5.32 Å². The minimum atomic E-state index is -1.13. The lowest BCUT2D eigenvalue weighted by Crippen LogP contribution is -2.43. The van der Waals surface area contributed by atoms with Gasteiger partial charge < -0.3 is 24.3 Å². The highest BCUT2D eigenvalue weighted by Gasteiger charge is 2.22. The Hall–Kier alpha value is -2.05. The van der Waals surface area contributed by atoms with Gasteiger partial charge in [-0.25, -0.2) is 0 Å². The fourth-order valence-electron chi connectivity index (χ4n) is 2.03. The number of fused-ring (bicyclic) bond motifs is 1. The number of ether oxygens (including phenoxy) is 2. The summed E-state index contributed by atoms with van der Waals surface area (Å²) in [5.41, 5.74) is -0.609. The van der Waals surface area contributed by atoms with E-state index in [4.69, 9.17) is 13.9 Å². The second-order valence-electron chi connectivity index (χ2n) is 5.10. The molecule has 2 N–H and O–H groups in total. The summed E-state index contributed by atoms with van der Waals surface area (Å²) >= 11 is 0. The molecule has 114 valence electrons. The number of methoxy groups -OCH3 is 2. The van der Waals surface area contributed by atoms with Crippen LogP contribution in [0.5, 0.6) is 5.75 Å². The van der Waals surface area contributed by atoms with Crippen molar-refractivity contribution in [3.05, 3.63) is 30.0 Å². The summed E-state index contributed by atoms with van der Waals surface area (Å²) in [6, 6.07) is 7.05. The first-order valence-electron chi connectivity index (χ1n) is 6.53. The van der Waals surface area contributed by atoms with E-state index in [0.717, 1.165) is 5.39 Å². The van der Waals surface area contributed by atoms with Crippen LogP contribution in [0.15, 0.2) is 28.7 Å². The molecule has 1 aromatic heterocycles. The van der Waals surface area contributed by atoms with Gasteiger partial charge in [0.1, 0.15) is 5.60 Å². The van der Waals surface area contributed by atoms with Gasteiger partial charge in [0.25, 0.3) is 5.91 Å². The summed E-state index contributed by atoms with van der Waals surface area (Å²) in [6.07, 6.45) is 0. The van der Waals surface area contributed by atoms with Crippen LogP contribution < -0.4 is 10.1 Å². The molecule has 0 fully saturated rings. The topological polar surface area (TPSA) is 80.9 Å². The van der Waals surface area contributed by atoms with Crippen LogP contribution in [0.3, 0.4) is 0 Å². The molecule has 2 rings (SSSR count). The number of carbonyl (C=O) groups is 1. The number of furan rings is 1. The summed E-state index contributed by atoms with van der Waals surface area (Å²) in [5.74, 6) is 0.338. The molecule has 0 saturated carbocycles. The van der Waals surface area contributed by atoms with E-state index in [1.54, 1.807) is 26.2 Å². The molecule has 0 unspecified atom stereocenters. The highest BCUT2D eigenvalue weighted by Crippen LogP contribution is 2.28. The van der Waals surface area contributed by atoms with E-state index in [9.17, 15) is 9.90 Å². The summed E-state index contributed by atoms with van der Waals surface area (Å²) in [7, 11) is 3.03. The first-order valence-corrected chi connectivity index (χ1v) is 6.53. The first kappa shape index (κ1) is 15.3. The number of aliphatic hydroxyl groups is 1. The Balaban J connectivity index is 2.13. The largest absolute Gasteiger partial charge is 0.493 e. The van der Waals surface area contributed by atoms with Crippen molar-refractivity contribution in [3.63, 3.8) is 0 Å². The maximum absolute atomic E-state index is 12.1. The van der Waals surface area contributed by atoms with Crippen LogP contribution >= 0.6 is 0 Å². The highest BCUT2D eigenvalue weighted by molar-refractivity contribution is 5.97. The molecule has 2 aromatic rings. The fraction of sp³-hybridized carbons (Fsp3) is 0.400. The number of rotatable bonds is 6. The minimum Gasteiger partial charge on any atom is -0.493 e. The van der Waals surface area contributed by atoms with E-state index in [-0.39, 0.29) is 18.9 Å². The number of nitrogens with one attached hydrogen (secondary N) is 1. The lowest BCUT2D eigenvalue weighted by Gasteiger charge is -2.22. The zero-order valence-electron chi connectivity index (χ0n) is 12.3. The van der Waals surface area contributed by atoms with E-state index in [1.807, 2.05) is 12.1 Å². The normalized spacial score (nSPS) is 13.9. The average Bonchev–Trinajstić information content (AvgIpc) is 2.88. The lowest BCUT2D eigenvalue weighted by molar-refractivity contribution is -0.0148. The molecule has 21 heavy (non-hydrogen) atoms. The van der Waals surface area contributed by atoms with Crippen LogP contribution in [0.4, 0.5) is 0 Å². The van der Waals surface area contributed by atoms with Crippen molar-refractivity contribution in [3.8, 4) is 5.75 Å². The Kier molecular flexibility index (Phi) is 4.50. The summed E-state index contributed by atoms with van der Waals surface area (Å²) in [5, 5.41) is 13.3. The second-order valence-corrected chi connectivity index (χ2v) is 5.10. The third-order valence-corrected chi connectivity index (χ3v) is 3.04. The third-order valence-electron chi connectivity index (χ3n) is 3.04. The van der Waals surface area contributed by atoms with Gasteiger partial charge in [-0.15, -0.1) is 0 Å². The van der Waals surface area contributed by atoms with Gasteiger partial charge in [-0.05, 0) is 19.1 Å². The molecule has 6 heteroatoms. The van der Waals surface area contributed by atoms with Gasteiger partial charge in [0.2, 0.25) is 0 Å². The summed E-state index contributed by atoms with van der Waals surface area (Å²) < 4.78 is 15.6. The zero-order chi connectivity index (χ0) is 15.5. The number of amides is 1. The van der Waals surface area contributed by atoms with E-state index in [1.165, 1.54) is 7.11 Å². The summed E-state index contributed by atoms with van der Waals surface area (Å²) in [6.45, 7) is 1.77. The van der Waals surface area contributed by atoms with Gasteiger partial charge in [-0.1, -0.05) is 12.1 Å². The molecule has 1 amide bonds. The van der Waals surface area contributed by atoms with E-state index < -0.39 is 11.5 Å². The summed E-state index contributed by atoms with van der Waals surface area (Å²) in [4.78, 5) is 12.1. The van der Waals surface area contributed by atoms with Gasteiger partial charge in [-0.2, -0.15) is 0 Å². The Morgan fingerprint density at radius 2 is 2.19 bits per heavy atom. The van der Waals surface area contributed by atoms with Crippen LogP contribution in [0.2, 0.25) is 0 Å². The smallest absolute Gasteiger partial charge is 0.287 e. The number of para-hydroxylation sites is 1. The first-order chi connectivity index (χ1) is 9.96. The highest BCUT2D eigenvalue weighted by atomic mass is 16.5. The monoisotopic (exact) mass is 293 g/mol. The van der Waals surface area contributed by atoms with Gasteiger partial charge in [0.15, 0.2) is 17.1 Å². The molecule has 0 spiro atoms. The second kappa shape index (κ2) is 6.15. The van der Waals surface area contributed by atoms with Crippen molar-refractivity contribution in [2.75, 3.05) is 27.4 Å². The van der Waals surface area contributed by atoms with Crippen molar-refractivity contribution in [2.45, 2.75) is 12.5 Å². The number of hydrogen-bond acceptors (Lipinski definition) is 5. The molecule has 1 heterocycles. The van der Waals surface area contributed by atoms with Crippen molar-refractivity contribution in [1.82, 2.24) is 5.32 Å². The number of hydrogen-bond donors (Lipinski definition) is 2. The lowest BCUT2D eigenvalue weighted by atomic mass is 10.1. The maximum Gasteiger partial charge on any atom is 0.287 e. The SMILES string of the molecule is COC[C@](C)(O)CNC(=O)c1cc2cccc(OC)c2o1. The van der Waals surface area contributed by atoms with Crippen LogP contribution in [-0.2, 0) is 4.74 Å². The Bertz CT molecular complexity index is 632. The van der Waals surface area contributed by atoms with Crippen molar-refractivity contribution in [1.29, 1.82) is 0 Å². The average molecular weight is 293 g/mol. The van der Waals surface area contributed by atoms with Crippen LogP contribution in [0.25, 0.3) is 11.0 Å². The Morgan fingerprint density at radius 1 is 1.43 bits per heavy atom. The zero-order valence-corrected chi connectivity index (χ0v) is 12.3. The molecular weight excluding hydrogens is 274 g/mol. The third kappa shape index (κ3) is 3.53. The molecule has 0 aliphatic rings. The van der Waals surface area contributed by atoms with Crippen LogP contribution in [-0.4, -0.2) is 44.0 Å². The molecule has 1 atom stereocenters. The predicted molar refractivity (Wildman–Crippen MR) is 77.6 cm³/mol. The molecule has 0 aliphatic heterocycles. The van der Waals surface area contributed by atoms with E-state index in [0.29, 0.717) is 11.3 Å². The molecule has 0 radical (unpaired) electrons. The predicted octanol–water partition coefficient (Wildman–Crippen LogP) is 1.57. The molecular formula is C15H19NO5. The van der Waals surface area contributed by atoms with Gasteiger partial charge in [0, 0.05) is 19.0 Å². The van der Waals surface area contributed by atoms with Crippen molar-refractivity contribution in [2.24, 2.45) is 0 Å². The quantitative estimate of drug-likeness (QED) is 0.845. The van der Waals surface area contributed by atoms with Crippen LogP contribution in [0, 0.1) is 0 Å². The molecule has 6 nitrogen and oxygen atoms in total. The molecule has 0 aliphatic carbocycles. The van der Waals surface area contributed by atoms with Gasteiger partial charge in [0.05, 0.1) is 13.7 Å². The minimum absolute atomic E-state index is 0.0633. The van der Waals surface area contributed by atoms with Gasteiger partial charge >= 0.3 is 0 Å². The Labute approximate surface area is 122 Å². The fourth-order valence-corrected chi connectivity index (χ4v) is 2.03. The maximum atomic E-state index is 12.1. The number of benzene rings is 1. The Morgan fingerprint density at radius 3 is 2.86 bits per heavy atom. The number of carbonyl (C=O) groups excluding carboxylic acids is 1. The standard InChI is InChI=1S/C15H19NO5/c1-15(18,9-19-2)8-16-14(17)12-7-10-5-4-6-11(20-3)13(10)21-12/h4-7,18H,8-9H2,1-3H3,(H,16,17)/t15-/m1/s1. The van der Waals surface area contributed by atoms with E-state index >= 15 is 0 Å². The molecule has 1 aromatic carbocycles. The van der Waals surface area contributed by atoms with Gasteiger partial charge in [-0.3, -0.25) is 4.79 Å². The van der Waals surface area contributed by atoms with Crippen LogP contribution in [0.1, 0.15) is 17.5 Å². The van der Waals surface area contributed by atoms with Crippen molar-refractivity contribution < 1.29 is 23.8 Å². The molecule has 0 bridgehead atoms. The molecule has 0 saturated heterocycles.